The molecule has 0 aliphatic heterocycles. The zero-order chi connectivity index (χ0) is 6.24. The van der Waals surface area contributed by atoms with Crippen molar-refractivity contribution < 1.29 is 0 Å². The highest BCUT2D eigenvalue weighted by Crippen LogP contribution is 1.80. The van der Waals surface area contributed by atoms with Crippen LogP contribution in [-0.4, -0.2) is 0 Å². The van der Waals surface area contributed by atoms with Crippen molar-refractivity contribution in [3.05, 3.63) is 0 Å². The highest BCUT2D eigenvalue weighted by Gasteiger charge is 1.69. The van der Waals surface area contributed by atoms with Gasteiger partial charge in [0.15, 0.2) is 0 Å². The first kappa shape index (κ1) is 7.12. The summed E-state index contributed by atoms with van der Waals surface area (Å²) >= 11 is 0. The molecule has 0 aromatic heterocycles. The van der Waals surface area contributed by atoms with Gasteiger partial charge < -0.3 is 0 Å². The summed E-state index contributed by atoms with van der Waals surface area (Å²) in [5, 5.41) is 0. The molecule has 0 aromatic carbocycles. The van der Waals surface area contributed by atoms with E-state index in [-0.39, 0.29) is 0 Å². The van der Waals surface area contributed by atoms with Gasteiger partial charge in [-0.25, -0.2) is 0 Å². The Morgan fingerprint density at radius 1 is 0.875 bits per heavy atom. The van der Waals surface area contributed by atoms with E-state index in [1.807, 2.05) is 13.8 Å². The molecule has 0 aliphatic rings. The third-order valence-corrected chi connectivity index (χ3v) is 0.729. The van der Waals surface area contributed by atoms with Crippen molar-refractivity contribution in [3.63, 3.8) is 0 Å². The number of hydrogen-bond donors (Lipinski definition) is 0. The summed E-state index contributed by atoms with van der Waals surface area (Å²) in [7, 11) is 0. The van der Waals surface area contributed by atoms with Crippen LogP contribution in [0.4, 0.5) is 0 Å². The van der Waals surface area contributed by atoms with Crippen LogP contribution in [-0.2, 0) is 0 Å². The molecule has 0 spiro atoms. The molecule has 0 saturated carbocycles. The lowest BCUT2D eigenvalue weighted by atomic mass is 10.3. The lowest BCUT2D eigenvalue weighted by molar-refractivity contribution is 1.12. The maximum Gasteiger partial charge on any atom is 0.0198 e. The van der Waals surface area contributed by atoms with Gasteiger partial charge in [-0.2, -0.15) is 0 Å². The molecular formula is C8H10. The highest BCUT2D eigenvalue weighted by molar-refractivity contribution is 5.02. The maximum absolute atomic E-state index is 2.93. The molecule has 0 fully saturated rings. The Bertz CT molecular complexity index is 124. The molecule has 8 heavy (non-hydrogen) atoms. The normalized spacial score (nSPS) is 5.75. The molecule has 0 unspecified atom stereocenters. The minimum Gasteiger partial charge on any atom is -0.107 e. The highest BCUT2D eigenvalue weighted by atomic mass is 13.7. The number of hydrogen-bond acceptors (Lipinski definition) is 0. The summed E-state index contributed by atoms with van der Waals surface area (Å²) in [6.45, 7) is 3.69. The van der Waals surface area contributed by atoms with Crippen molar-refractivity contribution in [2.24, 2.45) is 0 Å². The third-order valence-electron chi connectivity index (χ3n) is 0.729. The van der Waals surface area contributed by atoms with Crippen molar-refractivity contribution in [1.29, 1.82) is 0 Å². The topological polar surface area (TPSA) is 0 Å². The second kappa shape index (κ2) is 6.12. The van der Waals surface area contributed by atoms with Crippen LogP contribution in [0.3, 0.4) is 0 Å². The van der Waals surface area contributed by atoms with Crippen LogP contribution >= 0.6 is 0 Å². The SMILES string of the molecule is CC#CCCC#CC. The second-order valence-electron chi connectivity index (χ2n) is 1.35. The zero-order valence-electron chi connectivity index (χ0n) is 5.41. The molecule has 0 aliphatic carbocycles. The van der Waals surface area contributed by atoms with Crippen LogP contribution in [0.15, 0.2) is 0 Å². The third kappa shape index (κ3) is 5.12. The Hall–Kier alpha value is -0.880. The van der Waals surface area contributed by atoms with Crippen LogP contribution < -0.4 is 0 Å². The van der Waals surface area contributed by atoms with E-state index in [0.717, 1.165) is 12.8 Å². The first-order valence-electron chi connectivity index (χ1n) is 2.71. The second-order valence-corrected chi connectivity index (χ2v) is 1.35. The van der Waals surface area contributed by atoms with E-state index in [9.17, 15) is 0 Å². The first-order valence-corrected chi connectivity index (χ1v) is 2.71. The molecule has 0 nitrogen and oxygen atoms in total. The van der Waals surface area contributed by atoms with Crippen molar-refractivity contribution in [2.75, 3.05) is 0 Å². The van der Waals surface area contributed by atoms with E-state index >= 15 is 0 Å². The fraction of sp³-hybridized carbons (Fsp3) is 0.500. The summed E-state index contributed by atoms with van der Waals surface area (Å²) in [5.74, 6) is 11.5. The average Bonchev–Trinajstić information content (AvgIpc) is 1.81. The van der Waals surface area contributed by atoms with Gasteiger partial charge in [0.25, 0.3) is 0 Å². The average molecular weight is 106 g/mol. The van der Waals surface area contributed by atoms with Gasteiger partial charge in [-0.05, 0) is 13.8 Å². The Labute approximate surface area is 51.3 Å². The van der Waals surface area contributed by atoms with Crippen molar-refractivity contribution >= 4 is 0 Å². The van der Waals surface area contributed by atoms with Crippen molar-refractivity contribution in [1.82, 2.24) is 0 Å². The van der Waals surface area contributed by atoms with E-state index in [4.69, 9.17) is 0 Å². The van der Waals surface area contributed by atoms with Gasteiger partial charge in [0.05, 0.1) is 0 Å². The van der Waals surface area contributed by atoms with Gasteiger partial charge >= 0.3 is 0 Å². The van der Waals surface area contributed by atoms with Crippen molar-refractivity contribution in [3.8, 4) is 23.7 Å². The summed E-state index contributed by atoms with van der Waals surface area (Å²) in [6.07, 6.45) is 1.83. The smallest absolute Gasteiger partial charge is 0.0198 e. The number of unbranched alkanes of at least 4 members (excludes halogenated alkanes) is 1. The molecule has 42 valence electrons. The largest absolute Gasteiger partial charge is 0.107 e. The molecule has 0 aromatic rings. The quantitative estimate of drug-likeness (QED) is 0.353. The standard InChI is InChI=1S/C8H10/c1-3-5-7-8-6-4-2/h7-8H2,1-2H3. The Morgan fingerprint density at radius 3 is 1.50 bits per heavy atom. The molecular weight excluding hydrogens is 96.1 g/mol. The summed E-state index contributed by atoms with van der Waals surface area (Å²) in [6, 6.07) is 0. The van der Waals surface area contributed by atoms with Crippen LogP contribution in [0, 0.1) is 23.7 Å². The van der Waals surface area contributed by atoms with E-state index in [1.54, 1.807) is 0 Å². The Kier molecular flexibility index (Phi) is 5.45. The zero-order valence-corrected chi connectivity index (χ0v) is 5.41. The van der Waals surface area contributed by atoms with Gasteiger partial charge in [-0.1, -0.05) is 0 Å². The fourth-order valence-electron chi connectivity index (χ4n) is 0.375. The predicted molar refractivity (Wildman–Crippen MR) is 36.1 cm³/mol. The Balaban J connectivity index is 3.10. The van der Waals surface area contributed by atoms with E-state index < -0.39 is 0 Å². The minimum absolute atomic E-state index is 0.914. The monoisotopic (exact) mass is 106 g/mol. The summed E-state index contributed by atoms with van der Waals surface area (Å²) in [4.78, 5) is 0. The van der Waals surface area contributed by atoms with Gasteiger partial charge in [-0.3, -0.25) is 0 Å². The molecule has 0 amide bonds. The summed E-state index contributed by atoms with van der Waals surface area (Å²) in [5.41, 5.74) is 0. The van der Waals surface area contributed by atoms with Gasteiger partial charge in [0.1, 0.15) is 0 Å². The molecule has 0 heteroatoms. The molecule has 0 radical (unpaired) electrons. The van der Waals surface area contributed by atoms with E-state index in [1.165, 1.54) is 0 Å². The molecule has 0 heterocycles. The van der Waals surface area contributed by atoms with Gasteiger partial charge in [0, 0.05) is 12.8 Å². The van der Waals surface area contributed by atoms with Crippen molar-refractivity contribution in [2.45, 2.75) is 26.7 Å². The summed E-state index contributed by atoms with van der Waals surface area (Å²) < 4.78 is 0. The van der Waals surface area contributed by atoms with Gasteiger partial charge in [-0.15, -0.1) is 23.7 Å². The molecule has 0 N–H and O–H groups in total. The van der Waals surface area contributed by atoms with Crippen LogP contribution in [0.2, 0.25) is 0 Å². The minimum atomic E-state index is 0.914. The van der Waals surface area contributed by atoms with E-state index in [0.29, 0.717) is 0 Å². The molecule has 0 bridgehead atoms. The van der Waals surface area contributed by atoms with Gasteiger partial charge in [0.2, 0.25) is 0 Å². The maximum atomic E-state index is 2.93. The van der Waals surface area contributed by atoms with Crippen LogP contribution in [0.1, 0.15) is 26.7 Å². The molecule has 0 rings (SSSR count). The number of rotatable bonds is 1. The predicted octanol–water partition coefficient (Wildman–Crippen LogP) is 1.81. The molecule has 0 atom stereocenters. The Morgan fingerprint density at radius 2 is 1.25 bits per heavy atom. The fourth-order valence-corrected chi connectivity index (χ4v) is 0.375. The first-order chi connectivity index (χ1) is 3.91. The lowest BCUT2D eigenvalue weighted by Crippen LogP contribution is -1.62. The van der Waals surface area contributed by atoms with Crippen LogP contribution in [0.25, 0.3) is 0 Å². The van der Waals surface area contributed by atoms with Crippen LogP contribution in [0.5, 0.6) is 0 Å². The molecule has 0 saturated heterocycles. The van der Waals surface area contributed by atoms with E-state index in [2.05, 4.69) is 23.7 Å². The lowest BCUT2D eigenvalue weighted by Gasteiger charge is -1.74.